The lowest BCUT2D eigenvalue weighted by molar-refractivity contribution is 0.0802. The fraction of sp³-hybridized carbons (Fsp3) is 0.520. The molecule has 0 amide bonds. The van der Waals surface area contributed by atoms with Crippen molar-refractivity contribution in [2.45, 2.75) is 84.8 Å². The number of rotatable bonds is 7. The molecule has 2 aromatic rings. The van der Waals surface area contributed by atoms with Crippen LogP contribution in [0, 0.1) is 0 Å². The molecule has 0 bridgehead atoms. The molecule has 0 spiro atoms. The van der Waals surface area contributed by atoms with Gasteiger partial charge in [-0.2, -0.15) is 0 Å². The SMILES string of the molecule is CCC(C)(CC)Oc1ccc(C(C)(C)c2ccc(OC(C)(C)C)cc2)cc1. The molecule has 0 saturated heterocycles. The van der Waals surface area contributed by atoms with Gasteiger partial charge in [0.1, 0.15) is 22.7 Å². The van der Waals surface area contributed by atoms with E-state index in [1.165, 1.54) is 11.1 Å². The Morgan fingerprint density at radius 2 is 0.963 bits per heavy atom. The molecule has 0 fully saturated rings. The molecule has 0 saturated carbocycles. The van der Waals surface area contributed by atoms with Gasteiger partial charge >= 0.3 is 0 Å². The van der Waals surface area contributed by atoms with Crippen LogP contribution in [0.4, 0.5) is 0 Å². The molecule has 2 heteroatoms. The van der Waals surface area contributed by atoms with Crippen LogP contribution in [0.15, 0.2) is 48.5 Å². The van der Waals surface area contributed by atoms with Crippen LogP contribution in [0.3, 0.4) is 0 Å². The summed E-state index contributed by atoms with van der Waals surface area (Å²) in [7, 11) is 0. The summed E-state index contributed by atoms with van der Waals surface area (Å²) in [6.07, 6.45) is 2.00. The molecule has 2 aromatic carbocycles. The second-order valence-electron chi connectivity index (χ2n) is 9.15. The van der Waals surface area contributed by atoms with E-state index in [9.17, 15) is 0 Å². The van der Waals surface area contributed by atoms with E-state index in [-0.39, 0.29) is 16.6 Å². The van der Waals surface area contributed by atoms with Crippen molar-refractivity contribution < 1.29 is 9.47 Å². The molecule has 0 N–H and O–H groups in total. The van der Waals surface area contributed by atoms with E-state index in [0.717, 1.165) is 24.3 Å². The van der Waals surface area contributed by atoms with E-state index >= 15 is 0 Å². The third-order valence-corrected chi connectivity index (χ3v) is 5.44. The molecule has 2 nitrogen and oxygen atoms in total. The fourth-order valence-corrected chi connectivity index (χ4v) is 3.08. The summed E-state index contributed by atoms with van der Waals surface area (Å²) in [4.78, 5) is 0. The van der Waals surface area contributed by atoms with Gasteiger partial charge in [0, 0.05) is 5.41 Å². The average molecular weight is 369 g/mol. The van der Waals surface area contributed by atoms with Gasteiger partial charge in [0.2, 0.25) is 0 Å². The maximum atomic E-state index is 6.22. The van der Waals surface area contributed by atoms with E-state index in [1.54, 1.807) is 0 Å². The Kier molecular flexibility index (Phi) is 6.29. The number of benzene rings is 2. The van der Waals surface area contributed by atoms with Crippen LogP contribution in [-0.2, 0) is 5.41 Å². The van der Waals surface area contributed by atoms with Gasteiger partial charge in [-0.25, -0.2) is 0 Å². The van der Waals surface area contributed by atoms with Crippen LogP contribution >= 0.6 is 0 Å². The lowest BCUT2D eigenvalue weighted by Gasteiger charge is -2.30. The highest BCUT2D eigenvalue weighted by Crippen LogP contribution is 2.34. The highest BCUT2D eigenvalue weighted by Gasteiger charge is 2.25. The van der Waals surface area contributed by atoms with Gasteiger partial charge in [0.05, 0.1) is 0 Å². The van der Waals surface area contributed by atoms with E-state index in [0.29, 0.717) is 0 Å². The normalized spacial score (nSPS) is 12.7. The first-order valence-electron chi connectivity index (χ1n) is 10.1. The molecule has 0 aliphatic rings. The molecule has 0 aromatic heterocycles. The Bertz CT molecular complexity index is 714. The topological polar surface area (TPSA) is 18.5 Å². The van der Waals surface area contributed by atoms with Crippen LogP contribution in [0.1, 0.15) is 79.4 Å². The van der Waals surface area contributed by atoms with Crippen LogP contribution < -0.4 is 9.47 Å². The third-order valence-electron chi connectivity index (χ3n) is 5.44. The Hall–Kier alpha value is -1.96. The highest BCUT2D eigenvalue weighted by molar-refractivity contribution is 5.42. The van der Waals surface area contributed by atoms with Crippen molar-refractivity contribution in [1.82, 2.24) is 0 Å². The van der Waals surface area contributed by atoms with Crippen molar-refractivity contribution >= 4 is 0 Å². The minimum Gasteiger partial charge on any atom is -0.488 e. The van der Waals surface area contributed by atoms with Crippen LogP contribution in [0.25, 0.3) is 0 Å². The second kappa shape index (κ2) is 7.96. The number of hydrogen-bond acceptors (Lipinski definition) is 2. The van der Waals surface area contributed by atoms with Gasteiger partial charge < -0.3 is 9.47 Å². The third kappa shape index (κ3) is 5.51. The Morgan fingerprint density at radius 1 is 0.593 bits per heavy atom. The van der Waals surface area contributed by atoms with Gasteiger partial charge in [-0.15, -0.1) is 0 Å². The average Bonchev–Trinajstić information content (AvgIpc) is 2.61. The summed E-state index contributed by atoms with van der Waals surface area (Å²) in [6.45, 7) is 17.2. The van der Waals surface area contributed by atoms with Crippen molar-refractivity contribution in [1.29, 1.82) is 0 Å². The number of hydrogen-bond donors (Lipinski definition) is 0. The summed E-state index contributed by atoms with van der Waals surface area (Å²) in [5.74, 6) is 1.85. The molecule has 0 heterocycles. The summed E-state index contributed by atoms with van der Waals surface area (Å²) < 4.78 is 12.2. The van der Waals surface area contributed by atoms with Crippen molar-refractivity contribution in [2.75, 3.05) is 0 Å². The lowest BCUT2D eigenvalue weighted by atomic mass is 9.78. The van der Waals surface area contributed by atoms with E-state index in [1.807, 2.05) is 0 Å². The molecule has 2 rings (SSSR count). The Labute approximate surface area is 165 Å². The highest BCUT2D eigenvalue weighted by atomic mass is 16.5. The molecule has 0 radical (unpaired) electrons. The van der Waals surface area contributed by atoms with E-state index < -0.39 is 0 Å². The van der Waals surface area contributed by atoms with Gasteiger partial charge in [-0.3, -0.25) is 0 Å². The molecule has 148 valence electrons. The first kappa shape index (κ1) is 21.3. The van der Waals surface area contributed by atoms with Gasteiger partial charge in [-0.05, 0) is 75.9 Å². The van der Waals surface area contributed by atoms with Crippen molar-refractivity contribution in [3.8, 4) is 11.5 Å². The van der Waals surface area contributed by atoms with Gasteiger partial charge in [-0.1, -0.05) is 52.0 Å². The summed E-state index contributed by atoms with van der Waals surface area (Å²) in [5, 5.41) is 0. The maximum Gasteiger partial charge on any atom is 0.120 e. The zero-order valence-corrected chi connectivity index (χ0v) is 18.3. The molecule has 0 aliphatic carbocycles. The molecule has 0 aliphatic heterocycles. The van der Waals surface area contributed by atoms with E-state index in [4.69, 9.17) is 9.47 Å². The molecular formula is C25H36O2. The minimum atomic E-state index is -0.182. The predicted octanol–water partition coefficient (Wildman–Crippen LogP) is 7.15. The molecule has 0 unspecified atom stereocenters. The van der Waals surface area contributed by atoms with Crippen LogP contribution in [0.2, 0.25) is 0 Å². The van der Waals surface area contributed by atoms with Crippen molar-refractivity contribution in [3.05, 3.63) is 59.7 Å². The smallest absolute Gasteiger partial charge is 0.120 e. The van der Waals surface area contributed by atoms with Crippen LogP contribution in [-0.4, -0.2) is 11.2 Å². The van der Waals surface area contributed by atoms with E-state index in [2.05, 4.69) is 104 Å². The zero-order valence-electron chi connectivity index (χ0n) is 18.3. The van der Waals surface area contributed by atoms with Crippen molar-refractivity contribution in [2.24, 2.45) is 0 Å². The first-order chi connectivity index (χ1) is 12.5. The van der Waals surface area contributed by atoms with Crippen LogP contribution in [0.5, 0.6) is 11.5 Å². The summed E-state index contributed by atoms with van der Waals surface area (Å²) >= 11 is 0. The zero-order chi connectivity index (χ0) is 20.3. The van der Waals surface area contributed by atoms with Gasteiger partial charge in [0.25, 0.3) is 0 Å². The monoisotopic (exact) mass is 368 g/mol. The standard InChI is InChI=1S/C25H36O2/c1-9-25(8,10-2)27-22-17-13-20(14-18-22)24(6,7)19-11-15-21(16-12-19)26-23(3,4)5/h11-18H,9-10H2,1-8H3. The summed E-state index contributed by atoms with van der Waals surface area (Å²) in [6, 6.07) is 17.0. The molecule has 27 heavy (non-hydrogen) atoms. The Morgan fingerprint density at radius 3 is 1.30 bits per heavy atom. The minimum absolute atomic E-state index is 0.0857. The van der Waals surface area contributed by atoms with Gasteiger partial charge in [0.15, 0.2) is 0 Å². The van der Waals surface area contributed by atoms with Crippen molar-refractivity contribution in [3.63, 3.8) is 0 Å². The Balaban J connectivity index is 2.18. The fourth-order valence-electron chi connectivity index (χ4n) is 3.08. The first-order valence-corrected chi connectivity index (χ1v) is 10.1. The second-order valence-corrected chi connectivity index (χ2v) is 9.15. The predicted molar refractivity (Wildman–Crippen MR) is 115 cm³/mol. The quantitative estimate of drug-likeness (QED) is 0.517. The summed E-state index contributed by atoms with van der Waals surface area (Å²) in [5.41, 5.74) is 2.17. The molecular weight excluding hydrogens is 332 g/mol. The number of ether oxygens (including phenoxy) is 2. The molecule has 0 atom stereocenters. The maximum absolute atomic E-state index is 6.22. The largest absolute Gasteiger partial charge is 0.488 e. The lowest BCUT2D eigenvalue weighted by Crippen LogP contribution is -2.30.